The molecule has 192 valence electrons. The maximum Gasteiger partial charge on any atom is 0.241 e. The van der Waals surface area contributed by atoms with E-state index in [9.17, 15) is 14.4 Å². The van der Waals surface area contributed by atoms with Gasteiger partial charge in [-0.3, -0.25) is 14.4 Å². The molecule has 0 spiro atoms. The van der Waals surface area contributed by atoms with Crippen LogP contribution in [0.4, 0.5) is 0 Å². The van der Waals surface area contributed by atoms with Crippen LogP contribution in [0.3, 0.4) is 0 Å². The first kappa shape index (κ1) is 23.9. The Kier molecular flexibility index (Phi) is 5.94. The second-order valence-corrected chi connectivity index (χ2v) is 9.80. The number of Topliss-reactive ketones (excluding diaryl/α,β-unsaturated/α-hetero) is 2. The van der Waals surface area contributed by atoms with Gasteiger partial charge in [0.05, 0.1) is 11.4 Å². The third kappa shape index (κ3) is 3.84. The summed E-state index contributed by atoms with van der Waals surface area (Å²) in [5.41, 5.74) is 5.54. The van der Waals surface area contributed by atoms with Crippen molar-refractivity contribution in [3.8, 4) is 22.5 Å². The molecule has 10 heteroatoms. The number of benzene rings is 2. The standard InChI is InChI=1S/C28H27N7O3/c1-3-6-22-29-21-13-14-34-25(26(37)23(16(2)36)28(34)38)24(21)35(22)15-17-9-11-18(12-10-17)19-7-4-5-8-20(19)27-30-32-33-31-27/h4-5,7-12,23,25H,3,6,13-15H2,1-2H3,(H,30,31,32,33). The maximum absolute atomic E-state index is 13.3. The largest absolute Gasteiger partial charge is 0.325 e. The Morgan fingerprint density at radius 2 is 1.84 bits per heavy atom. The molecular weight excluding hydrogens is 482 g/mol. The van der Waals surface area contributed by atoms with Gasteiger partial charge in [0.1, 0.15) is 17.6 Å². The average Bonchev–Trinajstić information content (AvgIpc) is 3.63. The van der Waals surface area contributed by atoms with Crippen LogP contribution in [0.2, 0.25) is 0 Å². The molecule has 1 saturated heterocycles. The predicted octanol–water partition coefficient (Wildman–Crippen LogP) is 2.94. The molecule has 6 rings (SSSR count). The number of hydrogen-bond acceptors (Lipinski definition) is 7. The number of hydrogen-bond donors (Lipinski definition) is 1. The van der Waals surface area contributed by atoms with Crippen LogP contribution in [-0.2, 0) is 33.8 Å². The van der Waals surface area contributed by atoms with Gasteiger partial charge < -0.3 is 9.47 Å². The summed E-state index contributed by atoms with van der Waals surface area (Å²) in [6, 6.07) is 15.4. The van der Waals surface area contributed by atoms with E-state index >= 15 is 0 Å². The molecule has 10 nitrogen and oxygen atoms in total. The fraction of sp³-hybridized carbons (Fsp3) is 0.321. The molecule has 2 unspecified atom stereocenters. The molecule has 2 aliphatic heterocycles. The summed E-state index contributed by atoms with van der Waals surface area (Å²) in [4.78, 5) is 44.9. The van der Waals surface area contributed by atoms with E-state index in [0.29, 0.717) is 25.3 Å². The highest BCUT2D eigenvalue weighted by Crippen LogP contribution is 2.40. The number of H-pyrrole nitrogens is 1. The number of nitrogens with one attached hydrogen (secondary N) is 1. The van der Waals surface area contributed by atoms with Crippen LogP contribution < -0.4 is 0 Å². The molecule has 38 heavy (non-hydrogen) atoms. The quantitative estimate of drug-likeness (QED) is 0.380. The first-order valence-corrected chi connectivity index (χ1v) is 12.8. The number of tetrazole rings is 1. The van der Waals surface area contributed by atoms with Crippen molar-refractivity contribution in [1.29, 1.82) is 0 Å². The van der Waals surface area contributed by atoms with E-state index in [1.54, 1.807) is 4.90 Å². The van der Waals surface area contributed by atoms with Gasteiger partial charge >= 0.3 is 0 Å². The van der Waals surface area contributed by atoms with E-state index in [4.69, 9.17) is 4.98 Å². The van der Waals surface area contributed by atoms with Crippen molar-refractivity contribution in [3.05, 3.63) is 71.3 Å². The first-order chi connectivity index (χ1) is 18.5. The third-order valence-electron chi connectivity index (χ3n) is 7.41. The number of imidazole rings is 1. The summed E-state index contributed by atoms with van der Waals surface area (Å²) in [7, 11) is 0. The van der Waals surface area contributed by atoms with Gasteiger partial charge in [-0.2, -0.15) is 5.21 Å². The van der Waals surface area contributed by atoms with Gasteiger partial charge in [0.15, 0.2) is 11.7 Å². The first-order valence-electron chi connectivity index (χ1n) is 12.8. The lowest BCUT2D eigenvalue weighted by molar-refractivity contribution is -0.138. The lowest BCUT2D eigenvalue weighted by atomic mass is 9.95. The van der Waals surface area contributed by atoms with E-state index < -0.39 is 17.7 Å². The molecule has 4 aromatic rings. The van der Waals surface area contributed by atoms with Crippen molar-refractivity contribution in [3.63, 3.8) is 0 Å². The van der Waals surface area contributed by atoms with Crippen LogP contribution in [0.5, 0.6) is 0 Å². The predicted molar refractivity (Wildman–Crippen MR) is 138 cm³/mol. The Balaban J connectivity index is 1.36. The molecule has 2 aliphatic rings. The molecule has 4 heterocycles. The zero-order valence-corrected chi connectivity index (χ0v) is 21.2. The summed E-state index contributed by atoms with van der Waals surface area (Å²) in [6.07, 6.45) is 2.23. The van der Waals surface area contributed by atoms with E-state index in [1.165, 1.54) is 6.92 Å². The number of ketones is 2. The van der Waals surface area contributed by atoms with Crippen molar-refractivity contribution >= 4 is 17.5 Å². The highest BCUT2D eigenvalue weighted by atomic mass is 16.2. The van der Waals surface area contributed by atoms with Gasteiger partial charge in [-0.25, -0.2) is 4.98 Å². The SMILES string of the molecule is CCCc1nc2c(n1Cc1ccc(-c3ccccc3-c3nn[nH]n3)cc1)C1C(=O)C(C(C)=O)C(=O)N1CC2. The molecule has 0 radical (unpaired) electrons. The van der Waals surface area contributed by atoms with Crippen LogP contribution in [0.25, 0.3) is 22.5 Å². The van der Waals surface area contributed by atoms with E-state index in [0.717, 1.165) is 52.3 Å². The molecule has 1 fully saturated rings. The number of carbonyl (C=O) groups excluding carboxylic acids is 3. The van der Waals surface area contributed by atoms with Gasteiger partial charge in [-0.15, -0.1) is 10.2 Å². The Labute approximate surface area is 219 Å². The molecule has 1 N–H and O–H groups in total. The molecular formula is C28H27N7O3. The summed E-state index contributed by atoms with van der Waals surface area (Å²) in [5, 5.41) is 14.4. The number of aromatic nitrogens is 6. The number of nitrogens with zero attached hydrogens (tertiary/aromatic N) is 6. The Morgan fingerprint density at radius 3 is 2.53 bits per heavy atom. The normalized spacial score (nSPS) is 18.5. The van der Waals surface area contributed by atoms with Gasteiger partial charge in [0.25, 0.3) is 0 Å². The number of carbonyl (C=O) groups is 3. The minimum atomic E-state index is -1.21. The molecule has 0 saturated carbocycles. The highest BCUT2D eigenvalue weighted by molar-refractivity contribution is 6.24. The highest BCUT2D eigenvalue weighted by Gasteiger charge is 2.53. The lowest BCUT2D eigenvalue weighted by Gasteiger charge is -2.29. The van der Waals surface area contributed by atoms with Crippen LogP contribution in [-0.4, -0.2) is 59.1 Å². The van der Waals surface area contributed by atoms with Gasteiger partial charge in [-0.1, -0.05) is 55.5 Å². The second kappa shape index (κ2) is 9.44. The fourth-order valence-electron chi connectivity index (χ4n) is 5.68. The monoisotopic (exact) mass is 509 g/mol. The topological polar surface area (TPSA) is 127 Å². The molecule has 0 aliphatic carbocycles. The number of aromatic amines is 1. The van der Waals surface area contributed by atoms with E-state index in [2.05, 4.69) is 56.4 Å². The Hall–Kier alpha value is -4.47. The molecule has 2 aromatic heterocycles. The summed E-state index contributed by atoms with van der Waals surface area (Å²) >= 11 is 0. The summed E-state index contributed by atoms with van der Waals surface area (Å²) in [6.45, 7) is 4.33. The lowest BCUT2D eigenvalue weighted by Crippen LogP contribution is -2.37. The van der Waals surface area contributed by atoms with E-state index in [-0.39, 0.29) is 11.7 Å². The number of aryl methyl sites for hydroxylation is 1. The maximum atomic E-state index is 13.3. The van der Waals surface area contributed by atoms with Gasteiger partial charge in [0, 0.05) is 31.5 Å². The van der Waals surface area contributed by atoms with Crippen molar-refractivity contribution < 1.29 is 14.4 Å². The van der Waals surface area contributed by atoms with Gasteiger partial charge in [-0.05, 0) is 35.2 Å². The third-order valence-corrected chi connectivity index (χ3v) is 7.41. The molecule has 2 atom stereocenters. The van der Waals surface area contributed by atoms with Crippen LogP contribution in [0.1, 0.15) is 49.1 Å². The second-order valence-electron chi connectivity index (χ2n) is 9.80. The van der Waals surface area contributed by atoms with Crippen LogP contribution in [0.15, 0.2) is 48.5 Å². The minimum absolute atomic E-state index is 0.332. The zero-order valence-electron chi connectivity index (χ0n) is 21.2. The minimum Gasteiger partial charge on any atom is -0.325 e. The number of rotatable bonds is 7. The fourth-order valence-corrected chi connectivity index (χ4v) is 5.68. The Morgan fingerprint density at radius 1 is 1.08 bits per heavy atom. The summed E-state index contributed by atoms with van der Waals surface area (Å²) < 4.78 is 2.09. The van der Waals surface area contributed by atoms with Crippen LogP contribution in [0, 0.1) is 5.92 Å². The Bertz CT molecular complexity index is 1540. The number of fused-ring (bicyclic) bond motifs is 3. The zero-order chi connectivity index (χ0) is 26.4. The molecule has 1 amide bonds. The van der Waals surface area contributed by atoms with Gasteiger partial charge in [0.2, 0.25) is 11.7 Å². The average molecular weight is 510 g/mol. The van der Waals surface area contributed by atoms with Crippen molar-refractivity contribution in [2.24, 2.45) is 5.92 Å². The summed E-state index contributed by atoms with van der Waals surface area (Å²) in [5.74, 6) is -0.885. The van der Waals surface area contributed by atoms with E-state index in [1.807, 2.05) is 24.3 Å². The molecule has 2 aromatic carbocycles. The van der Waals surface area contributed by atoms with Crippen molar-refractivity contribution in [2.45, 2.75) is 45.7 Å². The van der Waals surface area contributed by atoms with Crippen molar-refractivity contribution in [1.82, 2.24) is 35.1 Å². The number of amides is 1. The van der Waals surface area contributed by atoms with Crippen LogP contribution >= 0.6 is 0 Å². The smallest absolute Gasteiger partial charge is 0.241 e. The molecule has 0 bridgehead atoms. The van der Waals surface area contributed by atoms with Crippen molar-refractivity contribution in [2.75, 3.05) is 6.54 Å².